The van der Waals surface area contributed by atoms with Crippen LogP contribution in [0.5, 0.6) is 0 Å². The van der Waals surface area contributed by atoms with Crippen LogP contribution in [0.3, 0.4) is 0 Å². The van der Waals surface area contributed by atoms with Crippen molar-refractivity contribution in [2.75, 3.05) is 24.4 Å². The van der Waals surface area contributed by atoms with Gasteiger partial charge in [0.1, 0.15) is 5.69 Å². The number of aromatic nitrogens is 2. The van der Waals surface area contributed by atoms with Gasteiger partial charge in [-0.15, -0.1) is 0 Å². The predicted molar refractivity (Wildman–Crippen MR) is 134 cm³/mol. The summed E-state index contributed by atoms with van der Waals surface area (Å²) >= 11 is 0. The number of anilines is 1. The topological polar surface area (TPSA) is 139 Å². The van der Waals surface area contributed by atoms with E-state index in [1.54, 1.807) is 13.8 Å². The number of hydrogen-bond donors (Lipinski definition) is 1. The predicted octanol–water partition coefficient (Wildman–Crippen LogP) is 5.17. The molecule has 3 rings (SSSR count). The number of alkyl halides is 3. The van der Waals surface area contributed by atoms with Crippen LogP contribution in [0.15, 0.2) is 59.6 Å². The van der Waals surface area contributed by atoms with E-state index in [4.69, 9.17) is 14.8 Å². The fourth-order valence-electron chi connectivity index (χ4n) is 3.44. The number of nitrogen functional groups attached to an aromatic ring is 1. The second-order valence-electron chi connectivity index (χ2n) is 8.00. The Balaban J connectivity index is 1.78. The summed E-state index contributed by atoms with van der Waals surface area (Å²) in [6.07, 6.45) is -3.45. The van der Waals surface area contributed by atoms with Crippen LogP contribution < -0.4 is 5.73 Å². The van der Waals surface area contributed by atoms with Crippen molar-refractivity contribution in [1.82, 2.24) is 9.97 Å². The lowest BCUT2D eigenvalue weighted by atomic mass is 10.1. The van der Waals surface area contributed by atoms with Crippen molar-refractivity contribution in [1.29, 1.82) is 0 Å². The number of ketones is 1. The Morgan fingerprint density at radius 1 is 1.00 bits per heavy atom. The van der Waals surface area contributed by atoms with E-state index in [-0.39, 0.29) is 41.7 Å². The van der Waals surface area contributed by atoms with Gasteiger partial charge in [-0.3, -0.25) is 9.36 Å². The molecule has 14 heteroatoms. The van der Waals surface area contributed by atoms with Gasteiger partial charge in [0.25, 0.3) is 0 Å². The van der Waals surface area contributed by atoms with Gasteiger partial charge in [0.2, 0.25) is 0 Å². The zero-order valence-corrected chi connectivity index (χ0v) is 22.1. The molecule has 2 N–H and O–H groups in total. The Bertz CT molecular complexity index is 1440. The van der Waals surface area contributed by atoms with Crippen molar-refractivity contribution >= 4 is 29.0 Å². The van der Waals surface area contributed by atoms with Crippen LogP contribution in [0.25, 0.3) is 11.3 Å². The van der Waals surface area contributed by atoms with Gasteiger partial charge in [-0.05, 0) is 43.7 Å². The number of sulfone groups is 1. The quantitative estimate of drug-likeness (QED) is 0.244. The fraction of sp³-hybridized carbons (Fsp3) is 0.292. The molecule has 3 aromatic rings. The van der Waals surface area contributed by atoms with E-state index >= 15 is 0 Å². The number of halogens is 3. The average molecular weight is 572 g/mol. The molecule has 0 aliphatic heterocycles. The first-order chi connectivity index (χ1) is 17.8. The monoisotopic (exact) mass is 571 g/mol. The Labute approximate surface area is 217 Å². The third kappa shape index (κ3) is 7.25. The van der Waals surface area contributed by atoms with Crippen LogP contribution in [0, 0.1) is 0 Å². The van der Waals surface area contributed by atoms with Gasteiger partial charge in [-0.25, -0.2) is 18.4 Å². The van der Waals surface area contributed by atoms with E-state index in [9.17, 15) is 30.9 Å². The normalized spacial score (nSPS) is 12.4. The fourth-order valence-corrected chi connectivity index (χ4v) is 7.71. The molecular weight excluding hydrogens is 546 g/mol. The molecule has 0 atom stereocenters. The molecule has 0 bridgehead atoms. The molecule has 0 saturated heterocycles. The number of benzene rings is 2. The summed E-state index contributed by atoms with van der Waals surface area (Å²) < 4.78 is 86.8. The van der Waals surface area contributed by atoms with E-state index in [2.05, 4.69) is 9.97 Å². The van der Waals surface area contributed by atoms with Gasteiger partial charge < -0.3 is 14.8 Å². The van der Waals surface area contributed by atoms with Gasteiger partial charge in [-0.2, -0.15) is 13.2 Å². The van der Waals surface area contributed by atoms with Crippen LogP contribution in [-0.4, -0.2) is 42.9 Å². The zero-order valence-electron chi connectivity index (χ0n) is 20.4. The maximum absolute atomic E-state index is 12.9. The summed E-state index contributed by atoms with van der Waals surface area (Å²) in [6.45, 7) is 3.17. The minimum Gasteiger partial charge on any atom is -0.382 e. The van der Waals surface area contributed by atoms with Crippen molar-refractivity contribution in [2.24, 2.45) is 0 Å². The summed E-state index contributed by atoms with van der Waals surface area (Å²) in [5.74, 6) is -0.691. The Morgan fingerprint density at radius 3 is 2.11 bits per heavy atom. The van der Waals surface area contributed by atoms with E-state index in [1.807, 2.05) is 0 Å². The molecule has 0 spiro atoms. The highest BCUT2D eigenvalue weighted by Gasteiger charge is 2.33. The third-order valence-electron chi connectivity index (χ3n) is 5.20. The first-order valence-electron chi connectivity index (χ1n) is 11.3. The minimum atomic E-state index is -4.49. The largest absolute Gasteiger partial charge is 0.416 e. The van der Waals surface area contributed by atoms with Gasteiger partial charge in [0.05, 0.1) is 35.6 Å². The number of carbonyl (C=O) groups excluding carboxylic acids is 1. The van der Waals surface area contributed by atoms with E-state index in [1.165, 1.54) is 42.6 Å². The molecule has 0 fully saturated rings. The van der Waals surface area contributed by atoms with Crippen LogP contribution in [-0.2, 0) is 36.0 Å². The van der Waals surface area contributed by atoms with Gasteiger partial charge in [-0.1, -0.05) is 24.3 Å². The highest BCUT2D eigenvalue weighted by atomic mass is 32.2. The Morgan fingerprint density at radius 2 is 1.58 bits per heavy atom. The van der Waals surface area contributed by atoms with Crippen LogP contribution >= 0.6 is 7.60 Å². The maximum Gasteiger partial charge on any atom is 0.416 e. The number of nitrogens with zero attached hydrogens (tertiary/aromatic N) is 2. The highest BCUT2D eigenvalue weighted by Crippen LogP contribution is 2.50. The SMILES string of the molecule is CCOP(=O)(CS(=O)(=O)c1ccc(CC(=O)c2nc(-c3ccc(C(F)(F)F)cc3)cnc2N)cc1)OCC. The molecule has 0 unspecified atom stereocenters. The molecule has 1 heterocycles. The number of carbonyl (C=O) groups is 1. The second kappa shape index (κ2) is 11.7. The van der Waals surface area contributed by atoms with Gasteiger partial charge in [0, 0.05) is 12.0 Å². The Hall–Kier alpha value is -3.12. The van der Waals surface area contributed by atoms with Gasteiger partial charge >= 0.3 is 13.8 Å². The standard InChI is InChI=1S/C24H25F3N3O6PS/c1-3-35-37(32,36-4-2)15-38(33,34)19-11-5-16(6-12-19)13-21(31)22-23(28)29-14-20(30-22)17-7-9-18(10-8-17)24(25,26)27/h5-12,14H,3-4,13,15H2,1-2H3,(H2,28,29). The number of Topliss-reactive ketones (excluding diaryl/α,β-unsaturated/α-hetero) is 1. The molecule has 0 saturated carbocycles. The molecule has 0 aliphatic rings. The molecule has 0 aliphatic carbocycles. The van der Waals surface area contributed by atoms with Crippen molar-refractivity contribution in [3.63, 3.8) is 0 Å². The second-order valence-corrected chi connectivity index (χ2v) is 12.5. The molecule has 9 nitrogen and oxygen atoms in total. The van der Waals surface area contributed by atoms with Gasteiger partial charge in [0.15, 0.2) is 26.9 Å². The van der Waals surface area contributed by atoms with E-state index in [0.29, 0.717) is 11.1 Å². The first-order valence-corrected chi connectivity index (χ1v) is 14.7. The van der Waals surface area contributed by atoms with Crippen LogP contribution in [0.4, 0.5) is 19.0 Å². The minimum absolute atomic E-state index is 0.0138. The third-order valence-corrected chi connectivity index (χ3v) is 10.1. The highest BCUT2D eigenvalue weighted by molar-refractivity contribution is 7.97. The lowest BCUT2D eigenvalue weighted by molar-refractivity contribution is -0.137. The summed E-state index contributed by atoms with van der Waals surface area (Å²) in [6, 6.07) is 9.60. The summed E-state index contributed by atoms with van der Waals surface area (Å²) in [5, 5.41) is 0. The number of nitrogens with two attached hydrogens (primary N) is 1. The molecular formula is C24H25F3N3O6PS. The van der Waals surface area contributed by atoms with Crippen LogP contribution in [0.1, 0.15) is 35.5 Å². The summed E-state index contributed by atoms with van der Waals surface area (Å²) in [5.41, 5.74) is 4.89. The van der Waals surface area contributed by atoms with E-state index < -0.39 is 40.4 Å². The van der Waals surface area contributed by atoms with Crippen LogP contribution in [0.2, 0.25) is 0 Å². The van der Waals surface area contributed by atoms with E-state index in [0.717, 1.165) is 12.1 Å². The first kappa shape index (κ1) is 29.4. The van der Waals surface area contributed by atoms with Crippen molar-refractivity contribution in [3.05, 3.63) is 71.5 Å². The molecule has 2 aromatic carbocycles. The average Bonchev–Trinajstić information content (AvgIpc) is 2.84. The number of hydrogen-bond acceptors (Lipinski definition) is 9. The Kier molecular flexibility index (Phi) is 9.09. The smallest absolute Gasteiger partial charge is 0.382 e. The number of rotatable bonds is 11. The van der Waals surface area contributed by atoms with Crippen molar-refractivity contribution in [3.8, 4) is 11.3 Å². The lowest BCUT2D eigenvalue weighted by Crippen LogP contribution is -2.13. The molecule has 38 heavy (non-hydrogen) atoms. The van der Waals surface area contributed by atoms with Crippen molar-refractivity contribution in [2.45, 2.75) is 31.3 Å². The maximum atomic E-state index is 12.9. The van der Waals surface area contributed by atoms with Crippen molar-refractivity contribution < 1.29 is 40.0 Å². The molecule has 0 amide bonds. The molecule has 204 valence electrons. The zero-order chi connectivity index (χ0) is 28.1. The summed E-state index contributed by atoms with van der Waals surface area (Å²) in [7, 11) is -7.88. The molecule has 0 radical (unpaired) electrons. The lowest BCUT2D eigenvalue weighted by Gasteiger charge is -2.17. The summed E-state index contributed by atoms with van der Waals surface area (Å²) in [4.78, 5) is 20.9. The molecule has 1 aromatic heterocycles.